The number of ether oxygens (including phenoxy) is 1. The molecule has 0 unspecified atom stereocenters. The maximum atomic E-state index is 12.4. The molecular weight excluding hydrogens is 314 g/mol. The highest BCUT2D eigenvalue weighted by atomic mass is 35.5. The minimum Gasteiger partial charge on any atom is -0.494 e. The number of methoxy groups -OCH3 is 1. The summed E-state index contributed by atoms with van der Waals surface area (Å²) in [5, 5.41) is 12.1. The maximum absolute atomic E-state index is 12.4. The summed E-state index contributed by atoms with van der Waals surface area (Å²) in [6.45, 7) is 9.76. The molecule has 23 heavy (non-hydrogen) atoms. The molecule has 0 radical (unpaired) electrons. The Balaban J connectivity index is 2.83. The van der Waals surface area contributed by atoms with Crippen LogP contribution in [-0.4, -0.2) is 43.1 Å². The second-order valence-corrected chi connectivity index (χ2v) is 6.24. The minimum absolute atomic E-state index is 0.252. The van der Waals surface area contributed by atoms with Gasteiger partial charge in [-0.3, -0.25) is 9.69 Å². The van der Waals surface area contributed by atoms with Gasteiger partial charge in [0.1, 0.15) is 5.75 Å². The van der Waals surface area contributed by atoms with Crippen LogP contribution < -0.4 is 10.1 Å². The van der Waals surface area contributed by atoms with E-state index in [1.165, 1.54) is 19.2 Å². The van der Waals surface area contributed by atoms with Crippen molar-refractivity contribution in [3.8, 4) is 11.8 Å². The molecule has 0 saturated heterocycles. The molecule has 0 aliphatic rings. The average molecular weight is 338 g/mol. The number of benzene rings is 1. The first-order valence-corrected chi connectivity index (χ1v) is 8.01. The predicted octanol–water partition coefficient (Wildman–Crippen LogP) is 3.07. The van der Waals surface area contributed by atoms with Crippen molar-refractivity contribution >= 4 is 17.5 Å². The standard InChI is InChI=1S/C17H24ClN3O2/c1-11(2)21(12(3)4)7-6-20-17(22)14-8-13(10-19)9-15(18)16(14)23-5/h8-9,11-12H,6-7H2,1-5H3,(H,20,22). The first-order chi connectivity index (χ1) is 10.8. The lowest BCUT2D eigenvalue weighted by Crippen LogP contribution is -2.42. The highest BCUT2D eigenvalue weighted by molar-refractivity contribution is 6.32. The quantitative estimate of drug-likeness (QED) is 0.830. The number of carbonyl (C=O) groups excluding carboxylic acids is 1. The number of rotatable bonds is 7. The monoisotopic (exact) mass is 337 g/mol. The van der Waals surface area contributed by atoms with Gasteiger partial charge in [0.05, 0.1) is 29.3 Å². The Kier molecular flexibility index (Phi) is 7.34. The predicted molar refractivity (Wildman–Crippen MR) is 92.0 cm³/mol. The third-order valence-electron chi connectivity index (χ3n) is 3.60. The number of nitriles is 1. The molecule has 1 aromatic carbocycles. The molecule has 0 heterocycles. The van der Waals surface area contributed by atoms with E-state index in [-0.39, 0.29) is 22.2 Å². The van der Waals surface area contributed by atoms with Crippen molar-refractivity contribution in [2.24, 2.45) is 0 Å². The number of halogens is 1. The van der Waals surface area contributed by atoms with Gasteiger partial charge < -0.3 is 10.1 Å². The minimum atomic E-state index is -0.298. The number of nitrogens with zero attached hydrogens (tertiary/aromatic N) is 2. The number of hydrogen-bond acceptors (Lipinski definition) is 4. The van der Waals surface area contributed by atoms with Crippen LogP contribution in [-0.2, 0) is 0 Å². The first kappa shape index (κ1) is 19.3. The number of amides is 1. The van der Waals surface area contributed by atoms with Crippen LogP contribution in [0.4, 0.5) is 0 Å². The Morgan fingerprint density at radius 1 is 1.35 bits per heavy atom. The van der Waals surface area contributed by atoms with Crippen molar-refractivity contribution in [2.75, 3.05) is 20.2 Å². The van der Waals surface area contributed by atoms with Crippen molar-refractivity contribution in [3.05, 3.63) is 28.3 Å². The van der Waals surface area contributed by atoms with Crippen LogP contribution in [0.5, 0.6) is 5.75 Å². The lowest BCUT2D eigenvalue weighted by atomic mass is 10.1. The van der Waals surface area contributed by atoms with Crippen LogP contribution in [0.2, 0.25) is 5.02 Å². The third-order valence-corrected chi connectivity index (χ3v) is 3.88. The van der Waals surface area contributed by atoms with E-state index in [0.717, 1.165) is 6.54 Å². The van der Waals surface area contributed by atoms with Gasteiger partial charge in [0.15, 0.2) is 0 Å². The summed E-state index contributed by atoms with van der Waals surface area (Å²) in [6, 6.07) is 5.76. The Bertz CT molecular complexity index is 586. The van der Waals surface area contributed by atoms with Gasteiger partial charge >= 0.3 is 0 Å². The molecule has 0 fully saturated rings. The molecule has 0 aliphatic heterocycles. The van der Waals surface area contributed by atoms with Crippen LogP contribution in [0.25, 0.3) is 0 Å². The van der Waals surface area contributed by atoms with Crippen molar-refractivity contribution < 1.29 is 9.53 Å². The smallest absolute Gasteiger partial charge is 0.255 e. The Labute approximate surface area is 143 Å². The number of carbonyl (C=O) groups is 1. The third kappa shape index (κ3) is 5.12. The van der Waals surface area contributed by atoms with E-state index in [4.69, 9.17) is 21.6 Å². The van der Waals surface area contributed by atoms with Gasteiger partial charge in [0.25, 0.3) is 5.91 Å². The summed E-state index contributed by atoms with van der Waals surface area (Å²) in [5.74, 6) is -0.0129. The molecule has 0 aromatic heterocycles. The molecule has 126 valence electrons. The normalized spacial score (nSPS) is 11.0. The lowest BCUT2D eigenvalue weighted by molar-refractivity contribution is 0.0936. The zero-order chi connectivity index (χ0) is 17.6. The first-order valence-electron chi connectivity index (χ1n) is 7.63. The highest BCUT2D eigenvalue weighted by Gasteiger charge is 2.18. The number of nitrogens with one attached hydrogen (secondary N) is 1. The van der Waals surface area contributed by atoms with Gasteiger partial charge in [-0.05, 0) is 39.8 Å². The molecule has 6 heteroatoms. The molecule has 5 nitrogen and oxygen atoms in total. The van der Waals surface area contributed by atoms with E-state index in [0.29, 0.717) is 24.2 Å². The zero-order valence-electron chi connectivity index (χ0n) is 14.3. The van der Waals surface area contributed by atoms with Gasteiger partial charge in [-0.1, -0.05) is 11.6 Å². The van der Waals surface area contributed by atoms with Crippen LogP contribution >= 0.6 is 11.6 Å². The Hall–Kier alpha value is -1.77. The lowest BCUT2D eigenvalue weighted by Gasteiger charge is -2.30. The van der Waals surface area contributed by atoms with Crippen molar-refractivity contribution in [1.29, 1.82) is 5.26 Å². The summed E-state index contributed by atoms with van der Waals surface area (Å²) >= 11 is 6.06. The van der Waals surface area contributed by atoms with Gasteiger partial charge in [-0.25, -0.2) is 0 Å². The van der Waals surface area contributed by atoms with E-state index >= 15 is 0 Å². The molecule has 0 bridgehead atoms. The van der Waals surface area contributed by atoms with Crippen LogP contribution in [0, 0.1) is 11.3 Å². The maximum Gasteiger partial charge on any atom is 0.255 e. The van der Waals surface area contributed by atoms with Crippen molar-refractivity contribution in [2.45, 2.75) is 39.8 Å². The Morgan fingerprint density at radius 2 is 1.96 bits per heavy atom. The molecule has 1 aromatic rings. The van der Waals surface area contributed by atoms with Gasteiger partial charge in [0, 0.05) is 25.2 Å². The molecule has 0 aliphatic carbocycles. The fourth-order valence-electron chi connectivity index (χ4n) is 2.54. The molecule has 1 rings (SSSR count). The van der Waals surface area contributed by atoms with Crippen LogP contribution in [0.15, 0.2) is 12.1 Å². The number of hydrogen-bond donors (Lipinski definition) is 1. The fraction of sp³-hybridized carbons (Fsp3) is 0.529. The summed E-state index contributed by atoms with van der Waals surface area (Å²) < 4.78 is 5.19. The van der Waals surface area contributed by atoms with Crippen molar-refractivity contribution in [1.82, 2.24) is 10.2 Å². The van der Waals surface area contributed by atoms with Gasteiger partial charge in [-0.2, -0.15) is 5.26 Å². The average Bonchev–Trinajstić information content (AvgIpc) is 2.49. The second-order valence-electron chi connectivity index (χ2n) is 5.83. The van der Waals surface area contributed by atoms with Crippen LogP contribution in [0.1, 0.15) is 43.6 Å². The molecule has 1 amide bonds. The molecule has 1 N–H and O–H groups in total. The second kappa shape index (κ2) is 8.76. The topological polar surface area (TPSA) is 65.4 Å². The molecular formula is C17H24ClN3O2. The molecule has 0 spiro atoms. The van der Waals surface area contributed by atoms with E-state index in [9.17, 15) is 4.79 Å². The highest BCUT2D eigenvalue weighted by Crippen LogP contribution is 2.30. The molecule has 0 saturated carbocycles. The summed E-state index contributed by atoms with van der Waals surface area (Å²) in [7, 11) is 1.45. The molecule has 0 atom stereocenters. The summed E-state index contributed by atoms with van der Waals surface area (Å²) in [5.41, 5.74) is 0.601. The Morgan fingerprint density at radius 3 is 2.43 bits per heavy atom. The van der Waals surface area contributed by atoms with E-state index < -0.39 is 0 Å². The van der Waals surface area contributed by atoms with Gasteiger partial charge in [0.2, 0.25) is 0 Å². The van der Waals surface area contributed by atoms with E-state index in [1.807, 2.05) is 6.07 Å². The van der Waals surface area contributed by atoms with Crippen molar-refractivity contribution in [3.63, 3.8) is 0 Å². The van der Waals surface area contributed by atoms with Gasteiger partial charge in [-0.15, -0.1) is 0 Å². The van der Waals surface area contributed by atoms with E-state index in [1.54, 1.807) is 0 Å². The SMILES string of the molecule is COc1c(Cl)cc(C#N)cc1C(=O)NCCN(C(C)C)C(C)C. The summed E-state index contributed by atoms with van der Waals surface area (Å²) in [4.78, 5) is 14.7. The van der Waals surface area contributed by atoms with E-state index in [2.05, 4.69) is 37.9 Å². The zero-order valence-corrected chi connectivity index (χ0v) is 15.1. The fourth-order valence-corrected chi connectivity index (χ4v) is 2.84. The van der Waals surface area contributed by atoms with Crippen LogP contribution in [0.3, 0.4) is 0 Å². The largest absolute Gasteiger partial charge is 0.494 e. The summed E-state index contributed by atoms with van der Waals surface area (Å²) in [6.07, 6.45) is 0.